The summed E-state index contributed by atoms with van der Waals surface area (Å²) in [5, 5.41) is 3.45. The van der Waals surface area contributed by atoms with E-state index in [0.29, 0.717) is 0 Å². The molecule has 2 rings (SSSR count). The fraction of sp³-hybridized carbons (Fsp3) is 0.250. The fourth-order valence-electron chi connectivity index (χ4n) is 2.03. The predicted molar refractivity (Wildman–Crippen MR) is 83.9 cm³/mol. The van der Waals surface area contributed by atoms with Crippen molar-refractivity contribution in [2.75, 3.05) is 12.4 Å². The lowest BCUT2D eigenvalue weighted by Gasteiger charge is -2.12. The molecule has 2 nitrogen and oxygen atoms in total. The maximum atomic E-state index is 5.27. The molecular weight excluding hydrogens is 302 g/mol. The van der Waals surface area contributed by atoms with E-state index in [1.165, 1.54) is 11.1 Å². The summed E-state index contributed by atoms with van der Waals surface area (Å²) >= 11 is 3.61. The smallest absolute Gasteiger partial charge is 0.121 e. The van der Waals surface area contributed by atoms with Crippen LogP contribution in [0.15, 0.2) is 40.9 Å². The van der Waals surface area contributed by atoms with E-state index < -0.39 is 0 Å². The van der Waals surface area contributed by atoms with Gasteiger partial charge >= 0.3 is 0 Å². The Morgan fingerprint density at radius 3 is 2.58 bits per heavy atom. The van der Waals surface area contributed by atoms with Crippen LogP contribution in [0.4, 0.5) is 5.69 Å². The third-order valence-electron chi connectivity index (χ3n) is 3.13. The zero-order valence-corrected chi connectivity index (χ0v) is 13.0. The highest BCUT2D eigenvalue weighted by atomic mass is 79.9. The van der Waals surface area contributed by atoms with Crippen molar-refractivity contribution in [3.05, 3.63) is 57.6 Å². The van der Waals surface area contributed by atoms with E-state index in [0.717, 1.165) is 28.0 Å². The van der Waals surface area contributed by atoms with E-state index in [1.54, 1.807) is 7.11 Å². The monoisotopic (exact) mass is 319 g/mol. The minimum atomic E-state index is 0.798. The summed E-state index contributed by atoms with van der Waals surface area (Å²) in [4.78, 5) is 0. The lowest BCUT2D eigenvalue weighted by Crippen LogP contribution is -2.01. The summed E-state index contributed by atoms with van der Waals surface area (Å²) < 4.78 is 6.39. The maximum absolute atomic E-state index is 5.27. The van der Waals surface area contributed by atoms with E-state index in [-0.39, 0.29) is 0 Å². The van der Waals surface area contributed by atoms with Gasteiger partial charge in [0.15, 0.2) is 0 Å². The molecule has 0 heterocycles. The Morgan fingerprint density at radius 1 is 1.11 bits per heavy atom. The van der Waals surface area contributed by atoms with Crippen LogP contribution >= 0.6 is 15.9 Å². The molecule has 3 heteroatoms. The summed E-state index contributed by atoms with van der Waals surface area (Å²) in [6.45, 7) is 4.95. The molecule has 0 unspecified atom stereocenters. The Morgan fingerprint density at radius 2 is 1.89 bits per heavy atom. The molecule has 2 aromatic rings. The first-order valence-corrected chi connectivity index (χ1v) is 7.03. The highest BCUT2D eigenvalue weighted by molar-refractivity contribution is 9.10. The number of ether oxygens (including phenoxy) is 1. The van der Waals surface area contributed by atoms with Crippen LogP contribution in [-0.4, -0.2) is 7.11 Å². The topological polar surface area (TPSA) is 21.3 Å². The lowest BCUT2D eigenvalue weighted by atomic mass is 10.1. The van der Waals surface area contributed by atoms with Crippen LogP contribution in [0.2, 0.25) is 0 Å². The van der Waals surface area contributed by atoms with E-state index in [2.05, 4.69) is 65.4 Å². The molecule has 19 heavy (non-hydrogen) atoms. The van der Waals surface area contributed by atoms with Crippen LogP contribution in [-0.2, 0) is 6.54 Å². The number of nitrogens with one attached hydrogen (secondary N) is 1. The number of methoxy groups -OCH3 is 1. The molecule has 0 aliphatic rings. The Balaban J connectivity index is 2.10. The van der Waals surface area contributed by atoms with Gasteiger partial charge in [-0.15, -0.1) is 0 Å². The molecule has 100 valence electrons. The van der Waals surface area contributed by atoms with Crippen LogP contribution in [0, 0.1) is 13.8 Å². The van der Waals surface area contributed by atoms with Crippen molar-refractivity contribution < 1.29 is 4.74 Å². The van der Waals surface area contributed by atoms with Crippen molar-refractivity contribution in [2.45, 2.75) is 20.4 Å². The molecule has 0 fully saturated rings. The van der Waals surface area contributed by atoms with Gasteiger partial charge in [-0.3, -0.25) is 0 Å². The normalized spacial score (nSPS) is 10.3. The third kappa shape index (κ3) is 3.29. The van der Waals surface area contributed by atoms with Crippen LogP contribution in [0.5, 0.6) is 5.75 Å². The van der Waals surface area contributed by atoms with Crippen molar-refractivity contribution >= 4 is 21.6 Å². The third-order valence-corrected chi connectivity index (χ3v) is 4.19. The first-order chi connectivity index (χ1) is 9.11. The molecule has 0 aliphatic heterocycles. The van der Waals surface area contributed by atoms with Gasteiger partial charge < -0.3 is 10.1 Å². The second kappa shape index (κ2) is 6.11. The maximum Gasteiger partial charge on any atom is 0.121 e. The minimum absolute atomic E-state index is 0.798. The molecule has 0 amide bonds. The number of anilines is 1. The number of rotatable bonds is 4. The van der Waals surface area contributed by atoms with Gasteiger partial charge in [-0.2, -0.15) is 0 Å². The molecule has 1 N–H and O–H groups in total. The van der Waals surface area contributed by atoms with Crippen LogP contribution in [0.25, 0.3) is 0 Å². The fourth-order valence-corrected chi connectivity index (χ4v) is 2.44. The van der Waals surface area contributed by atoms with E-state index in [1.807, 2.05) is 6.07 Å². The highest BCUT2D eigenvalue weighted by Gasteiger charge is 2.03. The SMILES string of the molecule is COc1ccc(CNc2cccc(C)c2Br)cc1C. The molecule has 0 spiro atoms. The van der Waals surface area contributed by atoms with Crippen LogP contribution < -0.4 is 10.1 Å². The quantitative estimate of drug-likeness (QED) is 0.883. The van der Waals surface area contributed by atoms with E-state index >= 15 is 0 Å². The van der Waals surface area contributed by atoms with Crippen molar-refractivity contribution in [1.29, 1.82) is 0 Å². The number of hydrogen-bond donors (Lipinski definition) is 1. The minimum Gasteiger partial charge on any atom is -0.496 e. The van der Waals surface area contributed by atoms with E-state index in [4.69, 9.17) is 4.74 Å². The van der Waals surface area contributed by atoms with Crippen molar-refractivity contribution in [3.63, 3.8) is 0 Å². The zero-order chi connectivity index (χ0) is 13.8. The molecule has 2 aromatic carbocycles. The van der Waals surface area contributed by atoms with Gasteiger partial charge in [-0.1, -0.05) is 24.3 Å². The van der Waals surface area contributed by atoms with Gasteiger partial charge in [0.25, 0.3) is 0 Å². The average Bonchev–Trinajstić information content (AvgIpc) is 2.40. The first-order valence-electron chi connectivity index (χ1n) is 6.24. The molecule has 0 atom stereocenters. The predicted octanol–water partition coefficient (Wildman–Crippen LogP) is 4.69. The largest absolute Gasteiger partial charge is 0.496 e. The molecule has 0 bridgehead atoms. The van der Waals surface area contributed by atoms with Crippen molar-refractivity contribution in [1.82, 2.24) is 0 Å². The van der Waals surface area contributed by atoms with Crippen LogP contribution in [0.3, 0.4) is 0 Å². The Kier molecular flexibility index (Phi) is 4.48. The Hall–Kier alpha value is -1.48. The van der Waals surface area contributed by atoms with Gasteiger partial charge in [0.1, 0.15) is 5.75 Å². The summed E-state index contributed by atoms with van der Waals surface area (Å²) in [6, 6.07) is 12.5. The molecule has 0 aromatic heterocycles. The molecular formula is C16H18BrNO. The Labute approximate surface area is 122 Å². The molecule has 0 saturated heterocycles. The number of halogens is 1. The second-order valence-electron chi connectivity index (χ2n) is 4.59. The molecule has 0 saturated carbocycles. The number of aryl methyl sites for hydroxylation is 2. The molecule has 0 aliphatic carbocycles. The summed E-state index contributed by atoms with van der Waals surface area (Å²) in [7, 11) is 1.70. The number of hydrogen-bond acceptors (Lipinski definition) is 2. The van der Waals surface area contributed by atoms with Crippen LogP contribution in [0.1, 0.15) is 16.7 Å². The Bertz CT molecular complexity index is 581. The van der Waals surface area contributed by atoms with Gasteiger partial charge in [0, 0.05) is 16.7 Å². The lowest BCUT2D eigenvalue weighted by molar-refractivity contribution is 0.411. The first kappa shape index (κ1) is 13.9. The van der Waals surface area contributed by atoms with Gasteiger partial charge in [-0.25, -0.2) is 0 Å². The van der Waals surface area contributed by atoms with Crippen molar-refractivity contribution in [3.8, 4) is 5.75 Å². The molecule has 0 radical (unpaired) electrons. The van der Waals surface area contributed by atoms with Gasteiger partial charge in [0.2, 0.25) is 0 Å². The van der Waals surface area contributed by atoms with Gasteiger partial charge in [-0.05, 0) is 58.6 Å². The van der Waals surface area contributed by atoms with Crippen molar-refractivity contribution in [2.24, 2.45) is 0 Å². The average molecular weight is 320 g/mol. The number of benzene rings is 2. The summed E-state index contributed by atoms with van der Waals surface area (Å²) in [5.41, 5.74) is 4.75. The second-order valence-corrected chi connectivity index (χ2v) is 5.39. The van der Waals surface area contributed by atoms with E-state index in [9.17, 15) is 0 Å². The zero-order valence-electron chi connectivity index (χ0n) is 11.5. The highest BCUT2D eigenvalue weighted by Crippen LogP contribution is 2.26. The standard InChI is InChI=1S/C16H18BrNO/c1-11-5-4-6-14(16(11)17)18-10-13-7-8-15(19-3)12(2)9-13/h4-9,18H,10H2,1-3H3. The van der Waals surface area contributed by atoms with Gasteiger partial charge in [0.05, 0.1) is 7.11 Å². The summed E-state index contributed by atoms with van der Waals surface area (Å²) in [6.07, 6.45) is 0. The summed E-state index contributed by atoms with van der Waals surface area (Å²) in [5.74, 6) is 0.931.